The topological polar surface area (TPSA) is 92.6 Å². The van der Waals surface area contributed by atoms with Crippen molar-refractivity contribution in [3.63, 3.8) is 0 Å². The highest BCUT2D eigenvalue weighted by Gasteiger charge is 2.41. The van der Waals surface area contributed by atoms with Crippen molar-refractivity contribution in [3.8, 4) is 0 Å². The van der Waals surface area contributed by atoms with Gasteiger partial charge in [0.05, 0.1) is 16.2 Å². The van der Waals surface area contributed by atoms with E-state index in [-0.39, 0.29) is 17.0 Å². The minimum Gasteiger partial charge on any atom is -0.350 e. The summed E-state index contributed by atoms with van der Waals surface area (Å²) in [6.07, 6.45) is 0. The minimum absolute atomic E-state index is 0.0917. The molecule has 1 aliphatic heterocycles. The Hall–Kier alpha value is -4.26. The van der Waals surface area contributed by atoms with Crippen LogP contribution in [0.15, 0.2) is 72.4 Å². The van der Waals surface area contributed by atoms with Crippen LogP contribution in [-0.2, 0) is 9.59 Å². The molecule has 0 aliphatic carbocycles. The second-order valence-corrected chi connectivity index (χ2v) is 7.66. The fourth-order valence-electron chi connectivity index (χ4n) is 3.72. The van der Waals surface area contributed by atoms with E-state index in [4.69, 9.17) is 0 Å². The first-order valence-corrected chi connectivity index (χ1v) is 10.1. The Bertz CT molecular complexity index is 1290. The summed E-state index contributed by atoms with van der Waals surface area (Å²) in [6, 6.07) is 18.5. The third-order valence-corrected chi connectivity index (χ3v) is 5.67. The van der Waals surface area contributed by atoms with Gasteiger partial charge in [-0.15, -0.1) is 0 Å². The maximum absolute atomic E-state index is 13.5. The number of nitro benzene ring substituents is 1. The van der Waals surface area contributed by atoms with Gasteiger partial charge in [0.15, 0.2) is 0 Å². The molecule has 0 fully saturated rings. The molecule has 7 nitrogen and oxygen atoms in total. The average molecular weight is 427 g/mol. The van der Waals surface area contributed by atoms with E-state index in [1.54, 1.807) is 12.1 Å². The molecule has 160 valence electrons. The normalized spacial score (nSPS) is 13.7. The summed E-state index contributed by atoms with van der Waals surface area (Å²) in [6.45, 7) is 5.73. The number of hydrogen-bond donors (Lipinski definition) is 1. The highest BCUT2D eigenvalue weighted by atomic mass is 16.6. The molecular weight excluding hydrogens is 406 g/mol. The molecule has 2 amide bonds. The van der Waals surface area contributed by atoms with Gasteiger partial charge in [0, 0.05) is 17.8 Å². The van der Waals surface area contributed by atoms with Gasteiger partial charge in [-0.1, -0.05) is 30.3 Å². The van der Waals surface area contributed by atoms with Crippen molar-refractivity contribution >= 4 is 34.4 Å². The molecule has 0 spiro atoms. The molecule has 0 bridgehead atoms. The van der Waals surface area contributed by atoms with Crippen molar-refractivity contribution in [1.82, 2.24) is 0 Å². The summed E-state index contributed by atoms with van der Waals surface area (Å²) < 4.78 is 0. The Morgan fingerprint density at radius 1 is 0.812 bits per heavy atom. The molecule has 3 aromatic rings. The van der Waals surface area contributed by atoms with E-state index in [9.17, 15) is 19.7 Å². The summed E-state index contributed by atoms with van der Waals surface area (Å²) in [5, 5.41) is 14.2. The third kappa shape index (κ3) is 3.54. The van der Waals surface area contributed by atoms with E-state index < -0.39 is 16.7 Å². The fraction of sp³-hybridized carbons (Fsp3) is 0.120. The molecule has 0 saturated carbocycles. The summed E-state index contributed by atoms with van der Waals surface area (Å²) >= 11 is 0. The molecule has 7 heteroatoms. The van der Waals surface area contributed by atoms with E-state index in [1.165, 1.54) is 24.3 Å². The van der Waals surface area contributed by atoms with Crippen LogP contribution in [0.3, 0.4) is 0 Å². The van der Waals surface area contributed by atoms with Gasteiger partial charge in [-0.2, -0.15) is 0 Å². The van der Waals surface area contributed by atoms with Gasteiger partial charge in [0.25, 0.3) is 17.5 Å². The van der Waals surface area contributed by atoms with Crippen LogP contribution >= 0.6 is 0 Å². The predicted molar refractivity (Wildman–Crippen MR) is 123 cm³/mol. The number of benzene rings is 3. The molecule has 1 N–H and O–H groups in total. The number of carbonyl (C=O) groups excluding carboxylic acids is 2. The average Bonchev–Trinajstić information content (AvgIpc) is 3.01. The second kappa shape index (κ2) is 8.11. The van der Waals surface area contributed by atoms with Gasteiger partial charge >= 0.3 is 0 Å². The van der Waals surface area contributed by atoms with Crippen molar-refractivity contribution < 1.29 is 14.5 Å². The minimum atomic E-state index is -0.505. The molecule has 0 unspecified atom stereocenters. The van der Waals surface area contributed by atoms with E-state index in [0.29, 0.717) is 16.9 Å². The smallest absolute Gasteiger partial charge is 0.282 e. The molecule has 0 aromatic heterocycles. The van der Waals surface area contributed by atoms with Gasteiger partial charge in [0.2, 0.25) is 0 Å². The van der Waals surface area contributed by atoms with E-state index in [1.807, 2.05) is 51.1 Å². The lowest BCUT2D eigenvalue weighted by molar-refractivity contribution is -0.384. The zero-order valence-electron chi connectivity index (χ0n) is 17.9. The number of anilines is 2. The Morgan fingerprint density at radius 3 is 2.12 bits per heavy atom. The van der Waals surface area contributed by atoms with E-state index >= 15 is 0 Å². The predicted octanol–water partition coefficient (Wildman–Crippen LogP) is 4.92. The van der Waals surface area contributed by atoms with Crippen LogP contribution in [-0.4, -0.2) is 16.7 Å². The number of aryl methyl sites for hydroxylation is 2. The molecule has 32 heavy (non-hydrogen) atoms. The van der Waals surface area contributed by atoms with Crippen LogP contribution in [0.4, 0.5) is 17.1 Å². The van der Waals surface area contributed by atoms with Crippen LogP contribution in [0.2, 0.25) is 0 Å². The van der Waals surface area contributed by atoms with Crippen molar-refractivity contribution in [2.75, 3.05) is 10.2 Å². The van der Waals surface area contributed by atoms with Gasteiger partial charge in [0.1, 0.15) is 5.70 Å². The lowest BCUT2D eigenvalue weighted by atomic mass is 10.0. The summed E-state index contributed by atoms with van der Waals surface area (Å²) in [7, 11) is 0. The Balaban J connectivity index is 1.86. The Morgan fingerprint density at radius 2 is 1.47 bits per heavy atom. The van der Waals surface area contributed by atoms with Crippen LogP contribution in [0.5, 0.6) is 0 Å². The summed E-state index contributed by atoms with van der Waals surface area (Å²) in [5.74, 6) is -0.954. The summed E-state index contributed by atoms with van der Waals surface area (Å²) in [5.41, 5.74) is 4.65. The lowest BCUT2D eigenvalue weighted by Crippen LogP contribution is -2.33. The van der Waals surface area contributed by atoms with Crippen LogP contribution in [0.25, 0.3) is 5.57 Å². The molecule has 1 aliphatic rings. The number of non-ortho nitro benzene ring substituents is 1. The largest absolute Gasteiger partial charge is 0.350 e. The first-order chi connectivity index (χ1) is 15.3. The number of rotatable bonds is 5. The quantitative estimate of drug-likeness (QED) is 0.355. The molecular formula is C25H21N3O4. The zero-order valence-corrected chi connectivity index (χ0v) is 17.9. The highest BCUT2D eigenvalue weighted by Crippen LogP contribution is 2.36. The SMILES string of the molecule is Cc1ccccc1N1C(=O)C(Nc2cccc(C)c2C)=C(c2ccc([N+](=O)[O-])cc2)C1=O. The van der Waals surface area contributed by atoms with Gasteiger partial charge in [-0.3, -0.25) is 19.7 Å². The van der Waals surface area contributed by atoms with Gasteiger partial charge < -0.3 is 5.32 Å². The monoisotopic (exact) mass is 427 g/mol. The number of hydrogen-bond acceptors (Lipinski definition) is 5. The van der Waals surface area contributed by atoms with Gasteiger partial charge in [-0.05, 0) is 67.3 Å². The number of imide groups is 1. The van der Waals surface area contributed by atoms with Crippen LogP contribution in [0, 0.1) is 30.9 Å². The molecule has 4 rings (SSSR count). The summed E-state index contributed by atoms with van der Waals surface area (Å²) in [4.78, 5) is 38.7. The van der Waals surface area contributed by atoms with Crippen molar-refractivity contribution in [3.05, 3.63) is 105 Å². The van der Waals surface area contributed by atoms with E-state index in [2.05, 4.69) is 5.32 Å². The van der Waals surface area contributed by atoms with Crippen molar-refractivity contribution in [2.24, 2.45) is 0 Å². The number of para-hydroxylation sites is 1. The molecule has 1 heterocycles. The number of amides is 2. The maximum atomic E-state index is 13.5. The number of nitrogens with zero attached hydrogens (tertiary/aromatic N) is 2. The number of nitro groups is 1. The number of carbonyl (C=O) groups is 2. The Labute approximate surface area is 185 Å². The van der Waals surface area contributed by atoms with Crippen molar-refractivity contribution in [1.29, 1.82) is 0 Å². The second-order valence-electron chi connectivity index (χ2n) is 7.66. The molecule has 0 radical (unpaired) electrons. The lowest BCUT2D eigenvalue weighted by Gasteiger charge is -2.18. The van der Waals surface area contributed by atoms with Crippen LogP contribution < -0.4 is 10.2 Å². The molecule has 0 saturated heterocycles. The number of nitrogens with one attached hydrogen (secondary N) is 1. The standard InChI is InChI=1S/C25H21N3O4/c1-15-8-6-9-20(17(15)3)26-23-22(18-11-13-19(14-12-18)28(31)32)24(29)27(25(23)30)21-10-5-4-7-16(21)2/h4-14,26H,1-3H3. The van der Waals surface area contributed by atoms with E-state index in [0.717, 1.165) is 21.6 Å². The maximum Gasteiger partial charge on any atom is 0.282 e. The van der Waals surface area contributed by atoms with Crippen molar-refractivity contribution in [2.45, 2.75) is 20.8 Å². The Kier molecular flexibility index (Phi) is 5.32. The third-order valence-electron chi connectivity index (χ3n) is 5.67. The zero-order chi connectivity index (χ0) is 23.0. The first-order valence-electron chi connectivity index (χ1n) is 10.1. The highest BCUT2D eigenvalue weighted by molar-refractivity contribution is 6.46. The molecule has 0 atom stereocenters. The first kappa shape index (κ1) is 21.0. The van der Waals surface area contributed by atoms with Crippen LogP contribution in [0.1, 0.15) is 22.3 Å². The van der Waals surface area contributed by atoms with Gasteiger partial charge in [-0.25, -0.2) is 4.90 Å². The fourth-order valence-corrected chi connectivity index (χ4v) is 3.72. The molecule has 3 aromatic carbocycles.